The minimum absolute atomic E-state index is 0.444. The zero-order chi connectivity index (χ0) is 12.1. The molecule has 2 N–H and O–H groups in total. The van der Waals surface area contributed by atoms with Crippen LogP contribution in [0.5, 0.6) is 5.75 Å². The van der Waals surface area contributed by atoms with Crippen molar-refractivity contribution in [2.24, 2.45) is 0 Å². The average Bonchev–Trinajstić information content (AvgIpc) is 2.76. The van der Waals surface area contributed by atoms with E-state index in [-0.39, 0.29) is 0 Å². The van der Waals surface area contributed by atoms with Crippen molar-refractivity contribution in [1.82, 2.24) is 9.78 Å². The van der Waals surface area contributed by atoms with Crippen molar-refractivity contribution >= 4 is 5.82 Å². The smallest absolute Gasteiger partial charge is 0.145 e. The number of anilines is 1. The molecule has 2 rings (SSSR count). The number of benzene rings is 1. The van der Waals surface area contributed by atoms with Crippen LogP contribution in [0.3, 0.4) is 0 Å². The molecule has 2 aromatic rings. The summed E-state index contributed by atoms with van der Waals surface area (Å²) in [6.45, 7) is 1.04. The zero-order valence-electron chi connectivity index (χ0n) is 9.21. The molecule has 0 amide bonds. The first-order chi connectivity index (χ1) is 8.29. The highest BCUT2D eigenvalue weighted by atomic mass is 16.5. The molecule has 0 fully saturated rings. The molecule has 0 aliphatic rings. The Hall–Kier alpha value is -2.48. The lowest BCUT2D eigenvalue weighted by Crippen LogP contribution is -2.09. The fourth-order valence-corrected chi connectivity index (χ4v) is 1.44. The summed E-state index contributed by atoms with van der Waals surface area (Å²) in [5.41, 5.74) is 6.03. The van der Waals surface area contributed by atoms with Gasteiger partial charge in [-0.3, -0.25) is 4.68 Å². The van der Waals surface area contributed by atoms with E-state index in [0.29, 0.717) is 30.3 Å². The van der Waals surface area contributed by atoms with E-state index in [1.807, 2.05) is 6.07 Å². The van der Waals surface area contributed by atoms with Gasteiger partial charge in [0.1, 0.15) is 24.2 Å². The molecule has 0 spiro atoms. The molecule has 1 aromatic heterocycles. The molecule has 17 heavy (non-hydrogen) atoms. The molecule has 0 aliphatic carbocycles. The number of para-hydroxylation sites is 1. The molecule has 0 bridgehead atoms. The fourth-order valence-electron chi connectivity index (χ4n) is 1.44. The molecule has 1 aromatic carbocycles. The van der Waals surface area contributed by atoms with Gasteiger partial charge in [0.15, 0.2) is 0 Å². The maximum absolute atomic E-state index is 8.87. The number of nitrogens with two attached hydrogens (primary N) is 1. The van der Waals surface area contributed by atoms with Gasteiger partial charge in [0.2, 0.25) is 0 Å². The van der Waals surface area contributed by atoms with Gasteiger partial charge in [-0.2, -0.15) is 10.4 Å². The topological polar surface area (TPSA) is 76.9 Å². The van der Waals surface area contributed by atoms with Crippen LogP contribution in [0, 0.1) is 11.3 Å². The van der Waals surface area contributed by atoms with Crippen molar-refractivity contribution in [3.05, 3.63) is 42.1 Å². The highest BCUT2D eigenvalue weighted by Gasteiger charge is 2.01. The number of nitriles is 1. The van der Waals surface area contributed by atoms with Crippen LogP contribution in [0.4, 0.5) is 5.82 Å². The Morgan fingerprint density at radius 3 is 2.88 bits per heavy atom. The SMILES string of the molecule is N#Cc1ccccc1OCCn1ccc(N)n1. The van der Waals surface area contributed by atoms with E-state index in [1.165, 1.54) is 0 Å². The second-order valence-corrected chi connectivity index (χ2v) is 3.46. The summed E-state index contributed by atoms with van der Waals surface area (Å²) < 4.78 is 7.22. The van der Waals surface area contributed by atoms with Gasteiger partial charge >= 0.3 is 0 Å². The van der Waals surface area contributed by atoms with E-state index >= 15 is 0 Å². The quantitative estimate of drug-likeness (QED) is 0.858. The van der Waals surface area contributed by atoms with Gasteiger partial charge in [-0.05, 0) is 18.2 Å². The van der Waals surface area contributed by atoms with Crippen LogP contribution in [0.1, 0.15) is 5.56 Å². The summed E-state index contributed by atoms with van der Waals surface area (Å²) in [6.07, 6.45) is 1.79. The first kappa shape index (κ1) is 11.0. The normalized spacial score (nSPS) is 9.82. The number of aromatic nitrogens is 2. The minimum Gasteiger partial charge on any atom is -0.490 e. The Bertz CT molecular complexity index is 541. The van der Waals surface area contributed by atoms with E-state index in [4.69, 9.17) is 15.7 Å². The Morgan fingerprint density at radius 2 is 2.18 bits per heavy atom. The third kappa shape index (κ3) is 2.75. The molecule has 5 heteroatoms. The Balaban J connectivity index is 1.92. The summed E-state index contributed by atoms with van der Waals surface area (Å²) in [5, 5.41) is 12.9. The summed E-state index contributed by atoms with van der Waals surface area (Å²) in [4.78, 5) is 0. The summed E-state index contributed by atoms with van der Waals surface area (Å²) in [5.74, 6) is 1.08. The summed E-state index contributed by atoms with van der Waals surface area (Å²) >= 11 is 0. The predicted molar refractivity (Wildman–Crippen MR) is 63.3 cm³/mol. The van der Waals surface area contributed by atoms with Gasteiger partial charge in [0, 0.05) is 6.20 Å². The molecule has 0 aliphatic heterocycles. The van der Waals surface area contributed by atoms with Crippen LogP contribution in [-0.4, -0.2) is 16.4 Å². The minimum atomic E-state index is 0.444. The van der Waals surface area contributed by atoms with Crippen molar-refractivity contribution in [3.63, 3.8) is 0 Å². The number of nitrogens with zero attached hydrogens (tertiary/aromatic N) is 3. The lowest BCUT2D eigenvalue weighted by atomic mass is 10.2. The first-order valence-electron chi connectivity index (χ1n) is 5.20. The van der Waals surface area contributed by atoms with Crippen molar-refractivity contribution in [3.8, 4) is 11.8 Å². The second-order valence-electron chi connectivity index (χ2n) is 3.46. The average molecular weight is 228 g/mol. The maximum Gasteiger partial charge on any atom is 0.145 e. The van der Waals surface area contributed by atoms with Crippen molar-refractivity contribution in [2.45, 2.75) is 6.54 Å². The molecule has 0 unspecified atom stereocenters. The number of nitrogen functional groups attached to an aromatic ring is 1. The number of hydrogen-bond donors (Lipinski definition) is 1. The standard InChI is InChI=1S/C12H12N4O/c13-9-10-3-1-2-4-11(10)17-8-7-16-6-5-12(14)15-16/h1-6H,7-8H2,(H2,14,15). The lowest BCUT2D eigenvalue weighted by molar-refractivity contribution is 0.291. The van der Waals surface area contributed by atoms with E-state index < -0.39 is 0 Å². The lowest BCUT2D eigenvalue weighted by Gasteiger charge is -2.07. The number of ether oxygens (including phenoxy) is 1. The summed E-state index contributed by atoms with van der Waals surface area (Å²) in [6, 6.07) is 10.9. The van der Waals surface area contributed by atoms with Gasteiger partial charge < -0.3 is 10.5 Å². The molecule has 86 valence electrons. The number of rotatable bonds is 4. The Morgan fingerprint density at radius 1 is 1.35 bits per heavy atom. The van der Waals surface area contributed by atoms with Crippen molar-refractivity contribution in [2.75, 3.05) is 12.3 Å². The molecule has 0 atom stereocenters. The highest BCUT2D eigenvalue weighted by Crippen LogP contribution is 2.16. The molecule has 1 heterocycles. The monoisotopic (exact) mass is 228 g/mol. The van der Waals surface area contributed by atoms with Crippen molar-refractivity contribution in [1.29, 1.82) is 5.26 Å². The second kappa shape index (κ2) is 5.03. The third-order valence-electron chi connectivity index (χ3n) is 2.25. The van der Waals surface area contributed by atoms with E-state index in [9.17, 15) is 0 Å². The van der Waals surface area contributed by atoms with Crippen LogP contribution in [0.15, 0.2) is 36.5 Å². The molecule has 0 radical (unpaired) electrons. The molecular weight excluding hydrogens is 216 g/mol. The highest BCUT2D eigenvalue weighted by molar-refractivity contribution is 5.42. The largest absolute Gasteiger partial charge is 0.490 e. The maximum atomic E-state index is 8.87. The summed E-state index contributed by atoms with van der Waals surface area (Å²) in [7, 11) is 0. The van der Waals surface area contributed by atoms with E-state index in [2.05, 4.69) is 11.2 Å². The van der Waals surface area contributed by atoms with Gasteiger partial charge in [-0.15, -0.1) is 0 Å². The zero-order valence-corrected chi connectivity index (χ0v) is 9.21. The predicted octanol–water partition coefficient (Wildman–Crippen LogP) is 1.42. The van der Waals surface area contributed by atoms with Gasteiger partial charge in [-0.1, -0.05) is 12.1 Å². The van der Waals surface area contributed by atoms with Crippen molar-refractivity contribution < 1.29 is 4.74 Å². The van der Waals surface area contributed by atoms with Gasteiger partial charge in [0.25, 0.3) is 0 Å². The van der Waals surface area contributed by atoms with Crippen LogP contribution in [-0.2, 0) is 6.54 Å². The van der Waals surface area contributed by atoms with E-state index in [0.717, 1.165) is 0 Å². The first-order valence-corrected chi connectivity index (χ1v) is 5.20. The van der Waals surface area contributed by atoms with Gasteiger partial charge in [-0.25, -0.2) is 0 Å². The van der Waals surface area contributed by atoms with Gasteiger partial charge in [0.05, 0.1) is 12.1 Å². The molecule has 0 saturated carbocycles. The Kier molecular flexibility index (Phi) is 3.26. The van der Waals surface area contributed by atoms with Crippen LogP contribution >= 0.6 is 0 Å². The molecular formula is C12H12N4O. The third-order valence-corrected chi connectivity index (χ3v) is 2.25. The van der Waals surface area contributed by atoms with E-state index in [1.54, 1.807) is 35.1 Å². The molecule has 0 saturated heterocycles. The Labute approximate surface area is 99.0 Å². The van der Waals surface area contributed by atoms with Crippen LogP contribution in [0.2, 0.25) is 0 Å². The van der Waals surface area contributed by atoms with Crippen LogP contribution in [0.25, 0.3) is 0 Å². The van der Waals surface area contributed by atoms with Crippen LogP contribution < -0.4 is 10.5 Å². The molecule has 5 nitrogen and oxygen atoms in total. The fraction of sp³-hybridized carbons (Fsp3) is 0.167. The number of hydrogen-bond acceptors (Lipinski definition) is 4.